The summed E-state index contributed by atoms with van der Waals surface area (Å²) in [5, 5.41) is 0. The Morgan fingerprint density at radius 1 is 0.553 bits per heavy atom. The Hall–Kier alpha value is -3.68. The maximum atomic E-state index is 12.3. The molecule has 8 nitrogen and oxygen atoms in total. The molecule has 38 heavy (non-hydrogen) atoms. The van der Waals surface area contributed by atoms with Crippen molar-refractivity contribution in [2.75, 3.05) is 26.4 Å². The number of esters is 4. The number of benzene rings is 2. The third kappa shape index (κ3) is 10.4. The van der Waals surface area contributed by atoms with Crippen LogP contribution in [0.2, 0.25) is 0 Å². The van der Waals surface area contributed by atoms with Gasteiger partial charge in [-0.25, -0.2) is 19.2 Å². The standard InChI is InChI=1S/C30H38O8/c1-4-7-9-22(6-3)21-38-30(34)26-16-14-25(15-17-26)29(33)37-20-19-36-28(32)24-12-10-23(11-13-24)27(31)35-18-8-5-2/h10-17,22H,4-9,18-21H2,1-3H3. The fourth-order valence-electron chi connectivity index (χ4n) is 3.49. The van der Waals surface area contributed by atoms with Gasteiger partial charge in [0.15, 0.2) is 0 Å². The molecule has 2 rings (SSSR count). The number of hydrogen-bond acceptors (Lipinski definition) is 8. The van der Waals surface area contributed by atoms with E-state index in [-0.39, 0.29) is 24.3 Å². The first kappa shape index (κ1) is 30.5. The van der Waals surface area contributed by atoms with E-state index in [0.717, 1.165) is 38.5 Å². The van der Waals surface area contributed by atoms with E-state index in [4.69, 9.17) is 18.9 Å². The molecule has 0 saturated carbocycles. The number of carbonyl (C=O) groups is 4. The lowest BCUT2D eigenvalue weighted by Gasteiger charge is -2.14. The SMILES string of the molecule is CCCCOC(=O)c1ccc(C(=O)OCCOC(=O)c2ccc(C(=O)OCC(CC)CCCC)cc2)cc1. The minimum Gasteiger partial charge on any atom is -0.462 e. The van der Waals surface area contributed by atoms with Gasteiger partial charge in [-0.05, 0) is 67.3 Å². The van der Waals surface area contributed by atoms with Crippen LogP contribution >= 0.6 is 0 Å². The zero-order valence-electron chi connectivity index (χ0n) is 22.5. The number of hydrogen-bond donors (Lipinski definition) is 0. The number of unbranched alkanes of at least 4 members (excludes halogenated alkanes) is 2. The second-order valence-electron chi connectivity index (χ2n) is 8.93. The van der Waals surface area contributed by atoms with Gasteiger partial charge >= 0.3 is 23.9 Å². The van der Waals surface area contributed by atoms with Crippen molar-refractivity contribution in [3.63, 3.8) is 0 Å². The summed E-state index contributed by atoms with van der Waals surface area (Å²) in [7, 11) is 0. The van der Waals surface area contributed by atoms with Crippen LogP contribution in [0.25, 0.3) is 0 Å². The van der Waals surface area contributed by atoms with Gasteiger partial charge in [0.25, 0.3) is 0 Å². The van der Waals surface area contributed by atoms with Crippen LogP contribution in [-0.2, 0) is 18.9 Å². The molecule has 0 saturated heterocycles. The van der Waals surface area contributed by atoms with Gasteiger partial charge < -0.3 is 18.9 Å². The predicted molar refractivity (Wildman–Crippen MR) is 142 cm³/mol. The van der Waals surface area contributed by atoms with Crippen LogP contribution in [0.15, 0.2) is 48.5 Å². The number of ether oxygens (including phenoxy) is 4. The quantitative estimate of drug-likeness (QED) is 0.148. The van der Waals surface area contributed by atoms with Crippen LogP contribution in [0, 0.1) is 5.92 Å². The average molecular weight is 527 g/mol. The highest BCUT2D eigenvalue weighted by Crippen LogP contribution is 2.15. The maximum Gasteiger partial charge on any atom is 0.338 e. The summed E-state index contributed by atoms with van der Waals surface area (Å²) in [6.45, 7) is 6.69. The molecule has 206 valence electrons. The molecule has 2 aromatic rings. The van der Waals surface area contributed by atoms with E-state index in [2.05, 4.69) is 13.8 Å². The molecule has 1 atom stereocenters. The molecular weight excluding hydrogens is 488 g/mol. The molecule has 0 aromatic heterocycles. The summed E-state index contributed by atoms with van der Waals surface area (Å²) in [5.74, 6) is -1.72. The summed E-state index contributed by atoms with van der Waals surface area (Å²) in [6, 6.07) is 12.0. The van der Waals surface area contributed by atoms with Gasteiger partial charge in [-0.2, -0.15) is 0 Å². The first-order valence-electron chi connectivity index (χ1n) is 13.3. The Morgan fingerprint density at radius 3 is 1.29 bits per heavy atom. The molecule has 0 radical (unpaired) electrons. The molecule has 0 fully saturated rings. The van der Waals surface area contributed by atoms with Crippen LogP contribution in [0.5, 0.6) is 0 Å². The zero-order chi connectivity index (χ0) is 27.8. The molecule has 0 aliphatic heterocycles. The fraction of sp³-hybridized carbons (Fsp3) is 0.467. The van der Waals surface area contributed by atoms with Gasteiger partial charge in [0.1, 0.15) is 13.2 Å². The highest BCUT2D eigenvalue weighted by molar-refractivity contribution is 5.94. The minimum atomic E-state index is -0.602. The molecule has 0 bridgehead atoms. The summed E-state index contributed by atoms with van der Waals surface area (Å²) in [6.07, 6.45) is 5.92. The van der Waals surface area contributed by atoms with E-state index in [1.54, 1.807) is 0 Å². The highest BCUT2D eigenvalue weighted by atomic mass is 16.6. The van der Waals surface area contributed by atoms with Crippen LogP contribution in [0.3, 0.4) is 0 Å². The predicted octanol–water partition coefficient (Wildman–Crippen LogP) is 6.03. The van der Waals surface area contributed by atoms with Crippen molar-refractivity contribution in [1.82, 2.24) is 0 Å². The van der Waals surface area contributed by atoms with Crippen LogP contribution in [0.1, 0.15) is 101 Å². The zero-order valence-corrected chi connectivity index (χ0v) is 22.5. The van der Waals surface area contributed by atoms with Gasteiger partial charge in [-0.15, -0.1) is 0 Å². The Kier molecular flexibility index (Phi) is 13.6. The van der Waals surface area contributed by atoms with Gasteiger partial charge in [0.05, 0.1) is 35.5 Å². The molecule has 0 aliphatic rings. The van der Waals surface area contributed by atoms with Crippen molar-refractivity contribution < 1.29 is 38.1 Å². The second-order valence-corrected chi connectivity index (χ2v) is 8.93. The normalized spacial score (nSPS) is 11.3. The Bertz CT molecular complexity index is 1030. The first-order chi connectivity index (χ1) is 18.4. The summed E-state index contributed by atoms with van der Waals surface area (Å²) in [5.41, 5.74) is 1.24. The van der Waals surface area contributed by atoms with Gasteiger partial charge in [0.2, 0.25) is 0 Å². The smallest absolute Gasteiger partial charge is 0.338 e. The molecule has 0 amide bonds. The lowest BCUT2D eigenvalue weighted by atomic mass is 10.0. The van der Waals surface area contributed by atoms with Crippen molar-refractivity contribution in [2.45, 2.75) is 59.3 Å². The topological polar surface area (TPSA) is 105 Å². The Morgan fingerprint density at radius 2 is 0.921 bits per heavy atom. The third-order valence-electron chi connectivity index (χ3n) is 5.99. The van der Waals surface area contributed by atoms with Crippen LogP contribution < -0.4 is 0 Å². The van der Waals surface area contributed by atoms with E-state index in [9.17, 15) is 19.2 Å². The molecule has 2 aromatic carbocycles. The van der Waals surface area contributed by atoms with Crippen molar-refractivity contribution >= 4 is 23.9 Å². The molecular formula is C30H38O8. The summed E-state index contributed by atoms with van der Waals surface area (Å²) >= 11 is 0. The van der Waals surface area contributed by atoms with E-state index in [1.807, 2.05) is 6.92 Å². The summed E-state index contributed by atoms with van der Waals surface area (Å²) in [4.78, 5) is 48.7. The Balaban J connectivity index is 1.73. The lowest BCUT2D eigenvalue weighted by molar-refractivity contribution is 0.0265. The molecule has 8 heteroatoms. The van der Waals surface area contributed by atoms with Crippen molar-refractivity contribution in [3.8, 4) is 0 Å². The molecule has 0 aliphatic carbocycles. The third-order valence-corrected chi connectivity index (χ3v) is 5.99. The lowest BCUT2D eigenvalue weighted by Crippen LogP contribution is -2.15. The first-order valence-corrected chi connectivity index (χ1v) is 13.3. The Labute approximate surface area is 224 Å². The van der Waals surface area contributed by atoms with Crippen molar-refractivity contribution in [3.05, 3.63) is 70.8 Å². The number of rotatable bonds is 16. The van der Waals surface area contributed by atoms with Crippen LogP contribution in [0.4, 0.5) is 0 Å². The molecule has 0 spiro atoms. The summed E-state index contributed by atoms with van der Waals surface area (Å²) < 4.78 is 20.8. The van der Waals surface area contributed by atoms with Crippen LogP contribution in [-0.4, -0.2) is 50.3 Å². The molecule has 1 unspecified atom stereocenters. The van der Waals surface area contributed by atoms with E-state index in [0.29, 0.717) is 30.3 Å². The van der Waals surface area contributed by atoms with Crippen molar-refractivity contribution in [1.29, 1.82) is 0 Å². The minimum absolute atomic E-state index is 0.133. The van der Waals surface area contributed by atoms with Gasteiger partial charge in [0, 0.05) is 0 Å². The maximum absolute atomic E-state index is 12.3. The second kappa shape index (κ2) is 16.9. The van der Waals surface area contributed by atoms with Crippen molar-refractivity contribution in [2.24, 2.45) is 5.92 Å². The van der Waals surface area contributed by atoms with E-state index in [1.165, 1.54) is 48.5 Å². The highest BCUT2D eigenvalue weighted by Gasteiger charge is 2.15. The largest absolute Gasteiger partial charge is 0.462 e. The van der Waals surface area contributed by atoms with E-state index < -0.39 is 23.9 Å². The average Bonchev–Trinajstić information content (AvgIpc) is 2.95. The van der Waals surface area contributed by atoms with Gasteiger partial charge in [-0.1, -0.05) is 46.5 Å². The monoisotopic (exact) mass is 526 g/mol. The van der Waals surface area contributed by atoms with E-state index >= 15 is 0 Å². The molecule has 0 N–H and O–H groups in total. The van der Waals surface area contributed by atoms with Gasteiger partial charge in [-0.3, -0.25) is 0 Å². The number of carbonyl (C=O) groups excluding carboxylic acids is 4. The fourth-order valence-corrected chi connectivity index (χ4v) is 3.49. The molecule has 0 heterocycles.